The number of carboxylic acids is 1. The number of benzene rings is 1. The molecule has 1 saturated heterocycles. The molecule has 8 heteroatoms. The van der Waals surface area contributed by atoms with E-state index in [1.165, 1.54) is 36.1 Å². The Labute approximate surface area is 128 Å². The van der Waals surface area contributed by atoms with Crippen molar-refractivity contribution in [3.8, 4) is 0 Å². The first-order valence-corrected chi connectivity index (χ1v) is 8.47. The van der Waals surface area contributed by atoms with E-state index in [0.717, 1.165) is 0 Å². The van der Waals surface area contributed by atoms with Gasteiger partial charge in [0.25, 0.3) is 5.91 Å². The van der Waals surface area contributed by atoms with E-state index in [1.54, 1.807) is 0 Å². The van der Waals surface area contributed by atoms with Crippen LogP contribution in [0.25, 0.3) is 0 Å². The van der Waals surface area contributed by atoms with Crippen molar-refractivity contribution in [1.82, 2.24) is 4.90 Å². The van der Waals surface area contributed by atoms with Crippen LogP contribution in [0.15, 0.2) is 29.2 Å². The molecule has 1 aliphatic heterocycles. The van der Waals surface area contributed by atoms with Crippen LogP contribution in [0, 0.1) is 0 Å². The van der Waals surface area contributed by atoms with E-state index >= 15 is 0 Å². The zero-order chi connectivity index (χ0) is 16.3. The molecule has 1 N–H and O–H groups in total. The molecule has 120 valence electrons. The predicted molar refractivity (Wildman–Crippen MR) is 77.4 cm³/mol. The first-order valence-electron chi connectivity index (χ1n) is 6.81. The lowest BCUT2D eigenvalue weighted by Crippen LogP contribution is -2.48. The quantitative estimate of drug-likeness (QED) is 0.859. The molecular formula is C14H17NO6S. The van der Waals surface area contributed by atoms with Gasteiger partial charge < -0.3 is 14.7 Å². The highest BCUT2D eigenvalue weighted by atomic mass is 32.2. The van der Waals surface area contributed by atoms with Gasteiger partial charge in [-0.05, 0) is 18.2 Å². The van der Waals surface area contributed by atoms with Crippen molar-refractivity contribution < 1.29 is 27.9 Å². The maximum atomic E-state index is 12.4. The van der Waals surface area contributed by atoms with E-state index in [-0.39, 0.29) is 35.9 Å². The largest absolute Gasteiger partial charge is 0.479 e. The summed E-state index contributed by atoms with van der Waals surface area (Å²) in [6, 6.07) is 5.79. The van der Waals surface area contributed by atoms with Gasteiger partial charge >= 0.3 is 5.97 Å². The summed E-state index contributed by atoms with van der Waals surface area (Å²) >= 11 is 0. The summed E-state index contributed by atoms with van der Waals surface area (Å²) in [5.74, 6) is -1.58. The summed E-state index contributed by atoms with van der Waals surface area (Å²) in [5, 5.41) is 8.95. The Morgan fingerprint density at radius 3 is 2.77 bits per heavy atom. The Morgan fingerprint density at radius 1 is 1.41 bits per heavy atom. The van der Waals surface area contributed by atoms with Gasteiger partial charge in [0, 0.05) is 12.1 Å². The van der Waals surface area contributed by atoms with E-state index in [2.05, 4.69) is 0 Å². The summed E-state index contributed by atoms with van der Waals surface area (Å²) in [5.41, 5.74) is 0.223. The molecule has 1 aromatic carbocycles. The lowest BCUT2D eigenvalue weighted by molar-refractivity contribution is -0.154. The molecule has 1 aliphatic rings. The Balaban J connectivity index is 2.23. The summed E-state index contributed by atoms with van der Waals surface area (Å²) in [7, 11) is -3.40. The standard InChI is InChI=1S/C14H17NO6S/c1-2-22(19,20)11-5-3-4-10(8-11)13(16)15-6-7-21-12(9-15)14(17)18/h3-5,8,12H,2,6-7,9H2,1H3,(H,17,18). The van der Waals surface area contributed by atoms with Gasteiger partial charge in [-0.2, -0.15) is 0 Å². The maximum absolute atomic E-state index is 12.4. The van der Waals surface area contributed by atoms with E-state index in [1.807, 2.05) is 0 Å². The van der Waals surface area contributed by atoms with Crippen LogP contribution in [0.4, 0.5) is 0 Å². The van der Waals surface area contributed by atoms with Crippen molar-refractivity contribution in [2.75, 3.05) is 25.4 Å². The molecule has 0 radical (unpaired) electrons. The molecule has 2 rings (SSSR count). The number of amides is 1. The number of carbonyl (C=O) groups is 2. The van der Waals surface area contributed by atoms with Gasteiger partial charge in [-0.25, -0.2) is 13.2 Å². The number of carboxylic acid groups (broad SMARTS) is 1. The van der Waals surface area contributed by atoms with Gasteiger partial charge in [0.15, 0.2) is 15.9 Å². The lowest BCUT2D eigenvalue weighted by Gasteiger charge is -2.31. The third kappa shape index (κ3) is 3.45. The van der Waals surface area contributed by atoms with Gasteiger partial charge in [-0.15, -0.1) is 0 Å². The second-order valence-corrected chi connectivity index (χ2v) is 7.16. The molecule has 0 aliphatic carbocycles. The summed E-state index contributed by atoms with van der Waals surface area (Å²) in [6.45, 7) is 1.88. The first kappa shape index (κ1) is 16.4. The van der Waals surface area contributed by atoms with E-state index < -0.39 is 27.8 Å². The molecule has 1 aromatic rings. The Kier molecular flexibility index (Phi) is 4.82. The number of carbonyl (C=O) groups excluding carboxylic acids is 1. The van der Waals surface area contributed by atoms with Crippen LogP contribution in [0.3, 0.4) is 0 Å². The van der Waals surface area contributed by atoms with E-state index in [0.29, 0.717) is 0 Å². The summed E-state index contributed by atoms with van der Waals surface area (Å²) < 4.78 is 28.8. The smallest absolute Gasteiger partial charge is 0.334 e. The van der Waals surface area contributed by atoms with Gasteiger partial charge in [0.1, 0.15) is 0 Å². The van der Waals surface area contributed by atoms with Crippen LogP contribution in [0.1, 0.15) is 17.3 Å². The molecular weight excluding hydrogens is 310 g/mol. The first-order chi connectivity index (χ1) is 10.3. The van der Waals surface area contributed by atoms with Crippen LogP contribution in [-0.2, 0) is 19.4 Å². The Hall–Kier alpha value is -1.93. The number of sulfone groups is 1. The highest BCUT2D eigenvalue weighted by Gasteiger charge is 2.29. The van der Waals surface area contributed by atoms with Crippen LogP contribution >= 0.6 is 0 Å². The minimum Gasteiger partial charge on any atom is -0.479 e. The molecule has 1 amide bonds. The average Bonchev–Trinajstić information content (AvgIpc) is 2.54. The SMILES string of the molecule is CCS(=O)(=O)c1cccc(C(=O)N2CCOC(C(=O)O)C2)c1. The van der Waals surface area contributed by atoms with Crippen molar-refractivity contribution in [2.24, 2.45) is 0 Å². The molecule has 7 nitrogen and oxygen atoms in total. The average molecular weight is 327 g/mol. The number of hydrogen-bond donors (Lipinski definition) is 1. The lowest BCUT2D eigenvalue weighted by atomic mass is 10.1. The molecule has 22 heavy (non-hydrogen) atoms. The van der Waals surface area contributed by atoms with Crippen molar-refractivity contribution in [2.45, 2.75) is 17.9 Å². The zero-order valence-corrected chi connectivity index (χ0v) is 12.9. The molecule has 0 saturated carbocycles. The van der Waals surface area contributed by atoms with Crippen LogP contribution in [0.2, 0.25) is 0 Å². The number of nitrogens with zero attached hydrogens (tertiary/aromatic N) is 1. The molecule has 1 unspecified atom stereocenters. The maximum Gasteiger partial charge on any atom is 0.334 e. The van der Waals surface area contributed by atoms with Crippen LogP contribution in [0.5, 0.6) is 0 Å². The van der Waals surface area contributed by atoms with Crippen molar-refractivity contribution >= 4 is 21.7 Å². The van der Waals surface area contributed by atoms with Gasteiger partial charge in [-0.3, -0.25) is 4.79 Å². The fourth-order valence-corrected chi connectivity index (χ4v) is 3.08. The molecule has 0 aromatic heterocycles. The van der Waals surface area contributed by atoms with Crippen LogP contribution in [-0.4, -0.2) is 61.9 Å². The second kappa shape index (κ2) is 6.45. The summed E-state index contributed by atoms with van der Waals surface area (Å²) in [6.07, 6.45) is -1.06. The van der Waals surface area contributed by atoms with Gasteiger partial charge in [0.05, 0.1) is 23.8 Å². The molecule has 0 bridgehead atoms. The normalized spacial score (nSPS) is 19.0. The Morgan fingerprint density at radius 2 is 2.14 bits per heavy atom. The summed E-state index contributed by atoms with van der Waals surface area (Å²) in [4.78, 5) is 24.8. The molecule has 1 fully saturated rings. The fourth-order valence-electron chi connectivity index (χ4n) is 2.15. The zero-order valence-electron chi connectivity index (χ0n) is 12.1. The Bertz CT molecular complexity index is 684. The van der Waals surface area contributed by atoms with Gasteiger partial charge in [0.2, 0.25) is 0 Å². The number of morpholine rings is 1. The third-order valence-electron chi connectivity index (χ3n) is 3.45. The van der Waals surface area contributed by atoms with Crippen molar-refractivity contribution in [3.63, 3.8) is 0 Å². The molecule has 1 atom stereocenters. The van der Waals surface area contributed by atoms with E-state index in [4.69, 9.17) is 9.84 Å². The number of ether oxygens (including phenoxy) is 1. The fraction of sp³-hybridized carbons (Fsp3) is 0.429. The predicted octanol–water partition coefficient (Wildman–Crippen LogP) is 0.406. The number of hydrogen-bond acceptors (Lipinski definition) is 5. The highest BCUT2D eigenvalue weighted by Crippen LogP contribution is 2.16. The minimum absolute atomic E-state index is 0.0523. The number of rotatable bonds is 4. The molecule has 0 spiro atoms. The second-order valence-electron chi connectivity index (χ2n) is 4.88. The van der Waals surface area contributed by atoms with Crippen molar-refractivity contribution in [3.05, 3.63) is 29.8 Å². The van der Waals surface area contributed by atoms with Gasteiger partial charge in [-0.1, -0.05) is 13.0 Å². The third-order valence-corrected chi connectivity index (χ3v) is 5.18. The highest BCUT2D eigenvalue weighted by molar-refractivity contribution is 7.91. The monoisotopic (exact) mass is 327 g/mol. The molecule has 1 heterocycles. The minimum atomic E-state index is -3.40. The van der Waals surface area contributed by atoms with E-state index in [9.17, 15) is 18.0 Å². The van der Waals surface area contributed by atoms with Crippen LogP contribution < -0.4 is 0 Å². The topological polar surface area (TPSA) is 101 Å². The van der Waals surface area contributed by atoms with Crippen molar-refractivity contribution in [1.29, 1.82) is 0 Å². The number of aliphatic carboxylic acids is 1.